The summed E-state index contributed by atoms with van der Waals surface area (Å²) in [6.45, 7) is 2.52. The van der Waals surface area contributed by atoms with Crippen LogP contribution >= 0.6 is 0 Å². The summed E-state index contributed by atoms with van der Waals surface area (Å²) in [6, 6.07) is 3.62. The Morgan fingerprint density at radius 2 is 2.17 bits per heavy atom. The smallest absolute Gasteiger partial charge is 0.246 e. The second-order valence-corrected chi connectivity index (χ2v) is 5.72. The van der Waals surface area contributed by atoms with Crippen molar-refractivity contribution in [2.75, 3.05) is 26.7 Å². The molecular formula is C16H21N5O3. The van der Waals surface area contributed by atoms with Crippen molar-refractivity contribution in [2.24, 2.45) is 0 Å². The Bertz CT molecular complexity index is 655. The molecule has 24 heavy (non-hydrogen) atoms. The van der Waals surface area contributed by atoms with Crippen molar-refractivity contribution in [3.63, 3.8) is 0 Å². The van der Waals surface area contributed by atoms with E-state index in [1.807, 2.05) is 17.2 Å². The fourth-order valence-electron chi connectivity index (χ4n) is 2.46. The van der Waals surface area contributed by atoms with Gasteiger partial charge in [0.2, 0.25) is 17.6 Å². The van der Waals surface area contributed by atoms with Crippen LogP contribution in [0.25, 0.3) is 11.4 Å². The average Bonchev–Trinajstić information content (AvgIpc) is 3.10. The van der Waals surface area contributed by atoms with Gasteiger partial charge in [0.1, 0.15) is 0 Å². The van der Waals surface area contributed by atoms with Gasteiger partial charge in [-0.15, -0.1) is 0 Å². The van der Waals surface area contributed by atoms with Crippen LogP contribution in [0.1, 0.15) is 25.2 Å². The molecule has 2 aromatic heterocycles. The van der Waals surface area contributed by atoms with Crippen molar-refractivity contribution < 1.29 is 14.2 Å². The van der Waals surface area contributed by atoms with E-state index >= 15 is 0 Å². The van der Waals surface area contributed by atoms with Crippen LogP contribution in [0.5, 0.6) is 0 Å². The van der Waals surface area contributed by atoms with Gasteiger partial charge in [-0.05, 0) is 25.0 Å². The minimum Gasteiger partial charge on any atom is -0.337 e. The van der Waals surface area contributed by atoms with Gasteiger partial charge in [0.15, 0.2) is 0 Å². The third kappa shape index (κ3) is 4.36. The average molecular weight is 331 g/mol. The summed E-state index contributed by atoms with van der Waals surface area (Å²) in [5.41, 5.74) is 0.830. The molecule has 1 aliphatic heterocycles. The van der Waals surface area contributed by atoms with Crippen molar-refractivity contribution in [3.05, 3.63) is 30.4 Å². The Balaban J connectivity index is 1.50. The Labute approximate surface area is 140 Å². The molecular weight excluding hydrogens is 310 g/mol. The minimum absolute atomic E-state index is 0.0211. The summed E-state index contributed by atoms with van der Waals surface area (Å²) < 4.78 is 5.22. The first kappa shape index (κ1) is 16.5. The molecule has 0 aromatic carbocycles. The van der Waals surface area contributed by atoms with Crippen molar-refractivity contribution >= 4 is 5.91 Å². The third-order valence-corrected chi connectivity index (χ3v) is 3.86. The summed E-state index contributed by atoms with van der Waals surface area (Å²) in [5.74, 6) is 0.926. The van der Waals surface area contributed by atoms with E-state index in [2.05, 4.69) is 15.1 Å². The van der Waals surface area contributed by atoms with Crippen LogP contribution in [0.2, 0.25) is 0 Å². The van der Waals surface area contributed by atoms with Gasteiger partial charge in [-0.25, -0.2) is 0 Å². The summed E-state index contributed by atoms with van der Waals surface area (Å²) >= 11 is 0. The van der Waals surface area contributed by atoms with Crippen LogP contribution in [-0.4, -0.2) is 57.7 Å². The highest BCUT2D eigenvalue weighted by Gasteiger charge is 2.17. The molecule has 2 aromatic rings. The first-order valence-electron chi connectivity index (χ1n) is 8.07. The van der Waals surface area contributed by atoms with Crippen LogP contribution in [0.3, 0.4) is 0 Å². The lowest BCUT2D eigenvalue weighted by Crippen LogP contribution is -2.35. The number of hydrogen-bond donors (Lipinski definition) is 0. The quantitative estimate of drug-likeness (QED) is 0.793. The van der Waals surface area contributed by atoms with Gasteiger partial charge in [-0.2, -0.15) is 10.0 Å². The van der Waals surface area contributed by atoms with Crippen molar-refractivity contribution in [1.29, 1.82) is 0 Å². The van der Waals surface area contributed by atoms with E-state index in [1.54, 1.807) is 24.3 Å². The molecule has 128 valence electrons. The van der Waals surface area contributed by atoms with Gasteiger partial charge in [0, 0.05) is 44.5 Å². The fraction of sp³-hybridized carbons (Fsp3) is 0.500. The van der Waals surface area contributed by atoms with Crippen molar-refractivity contribution in [1.82, 2.24) is 25.1 Å². The summed E-state index contributed by atoms with van der Waals surface area (Å²) in [7, 11) is 1.73. The Kier molecular flexibility index (Phi) is 5.50. The SMILES string of the molecule is CN(Cc1nc(-c2ccncc2)no1)C(=O)CCN1CCCCO1. The molecule has 0 saturated carbocycles. The standard InChI is InChI=1S/C16H21N5O3/c1-20(15(22)6-10-21-9-2-3-11-23-21)12-14-18-16(19-24-14)13-4-7-17-8-5-13/h4-5,7-8H,2-3,6,9-12H2,1H3. The molecule has 3 rings (SSSR count). The zero-order valence-corrected chi connectivity index (χ0v) is 13.7. The molecule has 8 nitrogen and oxygen atoms in total. The van der Waals surface area contributed by atoms with E-state index in [0.717, 1.165) is 31.6 Å². The predicted octanol–water partition coefficient (Wildman–Crippen LogP) is 1.51. The van der Waals surface area contributed by atoms with E-state index in [4.69, 9.17) is 9.36 Å². The van der Waals surface area contributed by atoms with Crippen LogP contribution in [0.15, 0.2) is 29.0 Å². The Morgan fingerprint density at radius 1 is 1.33 bits per heavy atom. The Morgan fingerprint density at radius 3 is 2.92 bits per heavy atom. The molecule has 0 spiro atoms. The molecule has 0 aliphatic carbocycles. The molecule has 0 atom stereocenters. The molecule has 0 N–H and O–H groups in total. The Hall–Kier alpha value is -2.32. The number of carbonyl (C=O) groups is 1. The highest BCUT2D eigenvalue weighted by atomic mass is 16.7. The monoisotopic (exact) mass is 331 g/mol. The maximum absolute atomic E-state index is 12.2. The van der Waals surface area contributed by atoms with E-state index in [1.165, 1.54) is 0 Å². The third-order valence-electron chi connectivity index (χ3n) is 3.86. The van der Waals surface area contributed by atoms with Crippen LogP contribution < -0.4 is 0 Å². The molecule has 0 radical (unpaired) electrons. The molecule has 1 aliphatic rings. The molecule has 8 heteroatoms. The number of aromatic nitrogens is 3. The topological polar surface area (TPSA) is 84.6 Å². The summed E-state index contributed by atoms with van der Waals surface area (Å²) in [4.78, 5) is 27.6. The van der Waals surface area contributed by atoms with E-state index in [9.17, 15) is 4.79 Å². The predicted molar refractivity (Wildman–Crippen MR) is 85.4 cm³/mol. The van der Waals surface area contributed by atoms with Gasteiger partial charge in [0.25, 0.3) is 0 Å². The maximum atomic E-state index is 12.2. The lowest BCUT2D eigenvalue weighted by Gasteiger charge is -2.26. The zero-order chi connectivity index (χ0) is 16.8. The van der Waals surface area contributed by atoms with Crippen molar-refractivity contribution in [2.45, 2.75) is 25.8 Å². The van der Waals surface area contributed by atoms with Crippen molar-refractivity contribution in [3.8, 4) is 11.4 Å². The largest absolute Gasteiger partial charge is 0.337 e. The normalized spacial score (nSPS) is 15.4. The van der Waals surface area contributed by atoms with Gasteiger partial charge < -0.3 is 9.42 Å². The molecule has 0 bridgehead atoms. The van der Waals surface area contributed by atoms with Crippen LogP contribution in [0, 0.1) is 0 Å². The van der Waals surface area contributed by atoms with Gasteiger partial charge >= 0.3 is 0 Å². The number of pyridine rings is 1. The van der Waals surface area contributed by atoms with Gasteiger partial charge in [-0.1, -0.05) is 5.16 Å². The fourth-order valence-corrected chi connectivity index (χ4v) is 2.46. The number of amides is 1. The number of hydrogen-bond acceptors (Lipinski definition) is 7. The summed E-state index contributed by atoms with van der Waals surface area (Å²) in [6.07, 6.45) is 5.94. The van der Waals surface area contributed by atoms with Gasteiger partial charge in [0.05, 0.1) is 13.2 Å². The maximum Gasteiger partial charge on any atom is 0.246 e. The highest BCUT2D eigenvalue weighted by molar-refractivity contribution is 5.75. The number of nitrogens with zero attached hydrogens (tertiary/aromatic N) is 5. The first-order valence-corrected chi connectivity index (χ1v) is 8.07. The molecule has 0 unspecified atom stereocenters. The van der Waals surface area contributed by atoms with E-state index < -0.39 is 0 Å². The number of hydroxylamine groups is 2. The summed E-state index contributed by atoms with van der Waals surface area (Å²) in [5, 5.41) is 5.80. The lowest BCUT2D eigenvalue weighted by atomic mass is 10.2. The number of carbonyl (C=O) groups excluding carboxylic acids is 1. The van der Waals surface area contributed by atoms with Crippen LogP contribution in [0.4, 0.5) is 0 Å². The minimum atomic E-state index is 0.0211. The second kappa shape index (κ2) is 7.98. The molecule has 3 heterocycles. The molecule has 1 amide bonds. The lowest BCUT2D eigenvalue weighted by molar-refractivity contribution is -0.182. The highest BCUT2D eigenvalue weighted by Crippen LogP contribution is 2.15. The van der Waals surface area contributed by atoms with Gasteiger partial charge in [-0.3, -0.25) is 14.6 Å². The second-order valence-electron chi connectivity index (χ2n) is 5.72. The van der Waals surface area contributed by atoms with E-state index in [-0.39, 0.29) is 12.5 Å². The molecule has 1 fully saturated rings. The first-order chi connectivity index (χ1) is 11.7. The molecule has 1 saturated heterocycles. The van der Waals surface area contributed by atoms with E-state index in [0.29, 0.717) is 24.7 Å². The zero-order valence-electron chi connectivity index (χ0n) is 13.7. The van der Waals surface area contributed by atoms with Crippen LogP contribution in [-0.2, 0) is 16.2 Å². The number of rotatable bonds is 6.